The van der Waals surface area contributed by atoms with E-state index in [-0.39, 0.29) is 23.8 Å². The number of hydrogen-bond donors (Lipinski definition) is 2. The number of guanidine groups is 1. The number of aliphatic imine (C=N–C) groups is 1. The molecule has 1 fully saturated rings. The maximum absolute atomic E-state index is 13.6. The van der Waals surface area contributed by atoms with Crippen LogP contribution in [0, 0.1) is 5.82 Å². The summed E-state index contributed by atoms with van der Waals surface area (Å²) in [5.74, 6) is 0.691. The Morgan fingerprint density at radius 1 is 1.41 bits per heavy atom. The second-order valence-electron chi connectivity index (χ2n) is 7.08. The number of likely N-dealkylation sites (tertiary alicyclic amines) is 1. The van der Waals surface area contributed by atoms with Crippen molar-refractivity contribution in [3.05, 3.63) is 35.6 Å². The van der Waals surface area contributed by atoms with Crippen LogP contribution in [0.1, 0.15) is 38.3 Å². The van der Waals surface area contributed by atoms with Crippen LogP contribution in [0.4, 0.5) is 4.39 Å². The summed E-state index contributed by atoms with van der Waals surface area (Å²) in [5.41, 5.74) is 0.903. The molecule has 0 saturated carbocycles. The van der Waals surface area contributed by atoms with Crippen molar-refractivity contribution in [1.29, 1.82) is 0 Å². The van der Waals surface area contributed by atoms with Gasteiger partial charge in [0.2, 0.25) is 5.91 Å². The molecule has 2 N–H and O–H groups in total. The Hall–Kier alpha value is -2.15. The molecule has 1 heterocycles. The van der Waals surface area contributed by atoms with Crippen molar-refractivity contribution in [3.8, 4) is 0 Å². The lowest BCUT2D eigenvalue weighted by Gasteiger charge is -2.24. The summed E-state index contributed by atoms with van der Waals surface area (Å²) in [4.78, 5) is 20.5. The lowest BCUT2D eigenvalue weighted by atomic mass is 10.1. The topological polar surface area (TPSA) is 60.0 Å². The first-order chi connectivity index (χ1) is 12.9. The highest BCUT2D eigenvalue weighted by atomic mass is 19.1. The number of rotatable bonds is 7. The second-order valence-corrected chi connectivity index (χ2v) is 7.08. The Morgan fingerprint density at radius 2 is 2.19 bits per heavy atom. The van der Waals surface area contributed by atoms with Crippen LogP contribution in [0.5, 0.6) is 0 Å². The van der Waals surface area contributed by atoms with Gasteiger partial charge < -0.3 is 20.4 Å². The van der Waals surface area contributed by atoms with E-state index in [4.69, 9.17) is 4.99 Å². The fourth-order valence-electron chi connectivity index (χ4n) is 3.30. The Bertz CT molecular complexity index is 649. The average Bonchev–Trinajstić information content (AvgIpc) is 3.09. The molecular weight excluding hydrogens is 345 g/mol. The van der Waals surface area contributed by atoms with E-state index in [0.29, 0.717) is 19.5 Å². The largest absolute Gasteiger partial charge is 0.357 e. The van der Waals surface area contributed by atoms with Crippen LogP contribution < -0.4 is 10.6 Å². The molecule has 2 unspecified atom stereocenters. The summed E-state index contributed by atoms with van der Waals surface area (Å²) in [5, 5.41) is 6.70. The summed E-state index contributed by atoms with van der Waals surface area (Å²) < 4.78 is 13.6. The van der Waals surface area contributed by atoms with Crippen LogP contribution in [0.25, 0.3) is 0 Å². The smallest absolute Gasteiger partial charge is 0.222 e. The molecule has 150 valence electrons. The number of carbonyl (C=O) groups is 1. The van der Waals surface area contributed by atoms with Crippen LogP contribution >= 0.6 is 0 Å². The van der Waals surface area contributed by atoms with Gasteiger partial charge >= 0.3 is 0 Å². The van der Waals surface area contributed by atoms with E-state index in [0.717, 1.165) is 31.0 Å². The highest BCUT2D eigenvalue weighted by Gasteiger charge is 2.26. The van der Waals surface area contributed by atoms with Gasteiger partial charge in [0.05, 0.1) is 12.6 Å². The summed E-state index contributed by atoms with van der Waals surface area (Å²) in [6.45, 7) is 6.67. The van der Waals surface area contributed by atoms with Crippen LogP contribution in [-0.2, 0) is 4.79 Å². The van der Waals surface area contributed by atoms with Crippen LogP contribution in [0.2, 0.25) is 0 Å². The zero-order valence-electron chi connectivity index (χ0n) is 16.8. The van der Waals surface area contributed by atoms with Gasteiger partial charge in [0, 0.05) is 32.1 Å². The number of nitrogens with zero attached hydrogens (tertiary/aromatic N) is 3. The standard InChI is InChI=1S/C20H32FN5O/c1-5-19(27)26-11-10-17(14-26)24-20(22-6-2)23-13-18(25(3)4)15-8-7-9-16(21)12-15/h7-9,12,17-18H,5-6,10-11,13-14H2,1-4H3,(H2,22,23,24). The predicted octanol–water partition coefficient (Wildman–Crippen LogP) is 1.99. The lowest BCUT2D eigenvalue weighted by molar-refractivity contribution is -0.129. The number of benzene rings is 1. The van der Waals surface area contributed by atoms with E-state index in [2.05, 4.69) is 10.6 Å². The van der Waals surface area contributed by atoms with Crippen molar-refractivity contribution < 1.29 is 9.18 Å². The summed E-state index contributed by atoms with van der Waals surface area (Å²) >= 11 is 0. The minimum atomic E-state index is -0.236. The van der Waals surface area contributed by atoms with Gasteiger partial charge in [-0.15, -0.1) is 0 Å². The molecule has 0 radical (unpaired) electrons. The fourth-order valence-corrected chi connectivity index (χ4v) is 3.30. The fraction of sp³-hybridized carbons (Fsp3) is 0.600. The molecule has 2 rings (SSSR count). The Labute approximate surface area is 161 Å². The quantitative estimate of drug-likeness (QED) is 0.564. The first-order valence-electron chi connectivity index (χ1n) is 9.69. The van der Waals surface area contributed by atoms with E-state index in [1.807, 2.05) is 43.8 Å². The SMILES string of the molecule is CCNC(=NCC(c1cccc(F)c1)N(C)C)NC1CCN(C(=O)CC)C1. The molecule has 1 aromatic rings. The van der Waals surface area contributed by atoms with E-state index < -0.39 is 0 Å². The number of carbonyl (C=O) groups excluding carboxylic acids is 1. The third kappa shape index (κ3) is 6.20. The van der Waals surface area contributed by atoms with Crippen LogP contribution in [0.15, 0.2) is 29.3 Å². The van der Waals surface area contributed by atoms with Gasteiger partial charge in [0.1, 0.15) is 5.82 Å². The molecule has 27 heavy (non-hydrogen) atoms. The lowest BCUT2D eigenvalue weighted by Crippen LogP contribution is -2.45. The number of nitrogens with one attached hydrogen (secondary N) is 2. The number of amides is 1. The van der Waals surface area contributed by atoms with Crippen molar-refractivity contribution in [2.45, 2.75) is 38.8 Å². The minimum absolute atomic E-state index is 0.0158. The van der Waals surface area contributed by atoms with Crippen molar-refractivity contribution >= 4 is 11.9 Å². The van der Waals surface area contributed by atoms with Gasteiger partial charge in [-0.1, -0.05) is 19.1 Å². The maximum atomic E-state index is 13.6. The Balaban J connectivity index is 2.04. The molecule has 0 aliphatic carbocycles. The predicted molar refractivity (Wildman–Crippen MR) is 107 cm³/mol. The van der Waals surface area contributed by atoms with Gasteiger partial charge in [0.25, 0.3) is 0 Å². The zero-order valence-corrected chi connectivity index (χ0v) is 16.8. The van der Waals surface area contributed by atoms with E-state index >= 15 is 0 Å². The summed E-state index contributed by atoms with van der Waals surface area (Å²) in [6.07, 6.45) is 1.45. The van der Waals surface area contributed by atoms with E-state index in [9.17, 15) is 9.18 Å². The molecule has 0 bridgehead atoms. The Morgan fingerprint density at radius 3 is 2.81 bits per heavy atom. The molecule has 1 aliphatic rings. The number of halogens is 1. The van der Waals surface area contributed by atoms with Crippen LogP contribution in [-0.4, -0.2) is 68.0 Å². The highest BCUT2D eigenvalue weighted by molar-refractivity contribution is 5.80. The van der Waals surface area contributed by atoms with Crippen LogP contribution in [0.3, 0.4) is 0 Å². The van der Waals surface area contributed by atoms with Crippen molar-refractivity contribution in [3.63, 3.8) is 0 Å². The molecular formula is C20H32FN5O. The molecule has 1 saturated heterocycles. The maximum Gasteiger partial charge on any atom is 0.222 e. The second kappa shape index (κ2) is 10.3. The van der Waals surface area contributed by atoms with Gasteiger partial charge in [-0.05, 0) is 45.1 Å². The highest BCUT2D eigenvalue weighted by Crippen LogP contribution is 2.19. The normalized spacial score (nSPS) is 18.7. The number of likely N-dealkylation sites (N-methyl/N-ethyl adjacent to an activating group) is 1. The number of hydrogen-bond acceptors (Lipinski definition) is 3. The molecule has 1 aliphatic heterocycles. The van der Waals surface area contributed by atoms with Crippen molar-refractivity contribution in [2.75, 3.05) is 40.3 Å². The zero-order chi connectivity index (χ0) is 19.8. The molecule has 0 aromatic heterocycles. The molecule has 2 atom stereocenters. The molecule has 1 aromatic carbocycles. The monoisotopic (exact) mass is 377 g/mol. The summed E-state index contributed by atoms with van der Waals surface area (Å²) in [7, 11) is 3.94. The van der Waals surface area contributed by atoms with Gasteiger partial charge in [-0.3, -0.25) is 9.79 Å². The Kier molecular flexibility index (Phi) is 8.03. The molecule has 7 heteroatoms. The van der Waals surface area contributed by atoms with Gasteiger partial charge in [-0.25, -0.2) is 4.39 Å². The third-order valence-electron chi connectivity index (χ3n) is 4.81. The molecule has 6 nitrogen and oxygen atoms in total. The van der Waals surface area contributed by atoms with Crippen molar-refractivity contribution in [1.82, 2.24) is 20.4 Å². The third-order valence-corrected chi connectivity index (χ3v) is 4.81. The molecule has 0 spiro atoms. The average molecular weight is 378 g/mol. The van der Waals surface area contributed by atoms with Gasteiger partial charge in [0.15, 0.2) is 5.96 Å². The van der Waals surface area contributed by atoms with E-state index in [1.54, 1.807) is 12.1 Å². The van der Waals surface area contributed by atoms with E-state index in [1.165, 1.54) is 6.07 Å². The first kappa shape index (κ1) is 21.2. The van der Waals surface area contributed by atoms with Gasteiger partial charge in [-0.2, -0.15) is 0 Å². The molecule has 1 amide bonds. The minimum Gasteiger partial charge on any atom is -0.357 e. The van der Waals surface area contributed by atoms with Crippen molar-refractivity contribution in [2.24, 2.45) is 4.99 Å². The first-order valence-corrected chi connectivity index (χ1v) is 9.69. The summed E-state index contributed by atoms with van der Waals surface area (Å²) in [6, 6.07) is 6.85.